The Morgan fingerprint density at radius 1 is 1.25 bits per heavy atom. The summed E-state index contributed by atoms with van der Waals surface area (Å²) >= 11 is 0. The summed E-state index contributed by atoms with van der Waals surface area (Å²) in [6.45, 7) is 5.62. The number of carbonyl (C=O) groups is 1. The van der Waals surface area contributed by atoms with Gasteiger partial charge in [0.2, 0.25) is 10.0 Å². The van der Waals surface area contributed by atoms with Crippen molar-refractivity contribution in [2.45, 2.75) is 39.0 Å². The second-order valence-electron chi connectivity index (χ2n) is 5.38. The van der Waals surface area contributed by atoms with Crippen LogP contribution in [-0.2, 0) is 20.6 Å². The molecule has 0 saturated heterocycles. The van der Waals surface area contributed by atoms with Gasteiger partial charge in [0.1, 0.15) is 6.04 Å². The van der Waals surface area contributed by atoms with Gasteiger partial charge in [0.05, 0.1) is 5.75 Å². The van der Waals surface area contributed by atoms with E-state index >= 15 is 0 Å². The summed E-state index contributed by atoms with van der Waals surface area (Å²) in [6.07, 6.45) is 0.266. The highest BCUT2D eigenvalue weighted by Crippen LogP contribution is 2.10. The monoisotopic (exact) mass is 299 g/mol. The number of rotatable bonds is 7. The Kier molecular flexibility index (Phi) is 5.71. The molecule has 0 fully saturated rings. The van der Waals surface area contributed by atoms with Gasteiger partial charge in [-0.2, -0.15) is 0 Å². The highest BCUT2D eigenvalue weighted by Gasteiger charge is 2.24. The quantitative estimate of drug-likeness (QED) is 0.805. The van der Waals surface area contributed by atoms with E-state index in [1.165, 1.54) is 0 Å². The number of carboxylic acid groups (broad SMARTS) is 1. The lowest BCUT2D eigenvalue weighted by Gasteiger charge is -2.16. The second kappa shape index (κ2) is 6.85. The van der Waals surface area contributed by atoms with Gasteiger partial charge in [-0.05, 0) is 24.8 Å². The lowest BCUT2D eigenvalue weighted by atomic mass is 10.1. The van der Waals surface area contributed by atoms with E-state index < -0.39 is 22.0 Å². The molecule has 0 aliphatic heterocycles. The van der Waals surface area contributed by atoms with Crippen LogP contribution in [0.2, 0.25) is 0 Å². The Hall–Kier alpha value is -1.40. The third kappa shape index (κ3) is 5.71. The summed E-state index contributed by atoms with van der Waals surface area (Å²) in [5.74, 6) is -1.26. The molecule has 1 aromatic carbocycles. The topological polar surface area (TPSA) is 83.5 Å². The van der Waals surface area contributed by atoms with Gasteiger partial charge >= 0.3 is 5.97 Å². The van der Waals surface area contributed by atoms with Crippen LogP contribution in [0.25, 0.3) is 0 Å². The first kappa shape index (κ1) is 16.7. The first-order chi connectivity index (χ1) is 9.19. The molecule has 0 radical (unpaired) electrons. The van der Waals surface area contributed by atoms with Crippen molar-refractivity contribution in [3.05, 3.63) is 35.4 Å². The number of hydrogen-bond acceptors (Lipinski definition) is 3. The summed E-state index contributed by atoms with van der Waals surface area (Å²) in [7, 11) is -3.67. The second-order valence-corrected chi connectivity index (χ2v) is 7.14. The Labute approximate surface area is 120 Å². The molecule has 1 atom stereocenters. The molecular weight excluding hydrogens is 278 g/mol. The fourth-order valence-electron chi connectivity index (χ4n) is 1.83. The van der Waals surface area contributed by atoms with E-state index in [9.17, 15) is 13.2 Å². The summed E-state index contributed by atoms with van der Waals surface area (Å²) < 4.78 is 26.3. The predicted molar refractivity (Wildman–Crippen MR) is 77.8 cm³/mol. The minimum absolute atomic E-state index is 0.0955. The van der Waals surface area contributed by atoms with E-state index in [1.54, 1.807) is 12.1 Å². The molecular formula is C14H21NO4S. The molecule has 0 aromatic heterocycles. The fourth-order valence-corrected chi connectivity index (χ4v) is 3.18. The fraction of sp³-hybridized carbons (Fsp3) is 0.500. The van der Waals surface area contributed by atoms with Gasteiger partial charge in [-0.25, -0.2) is 13.1 Å². The summed E-state index contributed by atoms with van der Waals surface area (Å²) in [5, 5.41) is 9.06. The molecule has 112 valence electrons. The van der Waals surface area contributed by atoms with Crippen molar-refractivity contribution >= 4 is 16.0 Å². The van der Waals surface area contributed by atoms with Crippen LogP contribution >= 0.6 is 0 Å². The zero-order valence-corrected chi connectivity index (χ0v) is 12.8. The van der Waals surface area contributed by atoms with E-state index in [-0.39, 0.29) is 18.1 Å². The largest absolute Gasteiger partial charge is 0.480 e. The van der Waals surface area contributed by atoms with Crippen LogP contribution < -0.4 is 4.72 Å². The third-order valence-electron chi connectivity index (χ3n) is 2.80. The molecule has 0 amide bonds. The lowest BCUT2D eigenvalue weighted by molar-refractivity contribution is -0.139. The van der Waals surface area contributed by atoms with Gasteiger partial charge in [0.15, 0.2) is 0 Å². The summed E-state index contributed by atoms with van der Waals surface area (Å²) in [5.41, 5.74) is 1.68. The molecule has 6 heteroatoms. The average molecular weight is 299 g/mol. The number of sulfonamides is 1. The van der Waals surface area contributed by atoms with Crippen LogP contribution in [0.15, 0.2) is 24.3 Å². The van der Waals surface area contributed by atoms with Crippen LogP contribution in [0.4, 0.5) is 0 Å². The summed E-state index contributed by atoms with van der Waals surface area (Å²) in [4.78, 5) is 11.1. The van der Waals surface area contributed by atoms with E-state index in [4.69, 9.17) is 5.11 Å². The van der Waals surface area contributed by atoms with Gasteiger partial charge in [-0.3, -0.25) is 4.79 Å². The average Bonchev–Trinajstić information content (AvgIpc) is 2.30. The maximum absolute atomic E-state index is 12.0. The maximum Gasteiger partial charge on any atom is 0.321 e. The lowest BCUT2D eigenvalue weighted by Crippen LogP contribution is -2.42. The molecule has 0 aliphatic carbocycles. The molecule has 5 nitrogen and oxygen atoms in total. The zero-order valence-electron chi connectivity index (χ0n) is 12.0. The number of aryl methyl sites for hydroxylation is 1. The number of aliphatic carboxylic acids is 1. The van der Waals surface area contributed by atoms with Crippen molar-refractivity contribution in [1.82, 2.24) is 4.72 Å². The molecule has 1 aromatic rings. The first-order valence-corrected chi connectivity index (χ1v) is 8.13. The van der Waals surface area contributed by atoms with Crippen LogP contribution in [0.3, 0.4) is 0 Å². The third-order valence-corrected chi connectivity index (χ3v) is 4.16. The Morgan fingerprint density at radius 2 is 1.80 bits per heavy atom. The standard InChI is InChI=1S/C14H21NO4S/c1-10(2)8-13(14(16)17)15-20(18,19)9-12-6-4-11(3)5-7-12/h4-7,10,13,15H,8-9H2,1-3H3,(H,16,17)/t13-/m0/s1. The number of carboxylic acids is 1. The van der Waals surface area contributed by atoms with Crippen LogP contribution in [-0.4, -0.2) is 25.5 Å². The van der Waals surface area contributed by atoms with Crippen molar-refractivity contribution < 1.29 is 18.3 Å². The highest BCUT2D eigenvalue weighted by atomic mass is 32.2. The van der Waals surface area contributed by atoms with E-state index in [1.807, 2.05) is 32.9 Å². The first-order valence-electron chi connectivity index (χ1n) is 6.48. The minimum atomic E-state index is -3.67. The van der Waals surface area contributed by atoms with Gasteiger partial charge in [-0.1, -0.05) is 43.7 Å². The number of nitrogens with one attached hydrogen (secondary N) is 1. The Morgan fingerprint density at radius 3 is 2.25 bits per heavy atom. The van der Waals surface area contributed by atoms with Crippen molar-refractivity contribution in [1.29, 1.82) is 0 Å². The molecule has 0 aliphatic rings. The number of benzene rings is 1. The van der Waals surface area contributed by atoms with E-state index in [0.29, 0.717) is 5.56 Å². The molecule has 0 unspecified atom stereocenters. The smallest absolute Gasteiger partial charge is 0.321 e. The van der Waals surface area contributed by atoms with Crippen LogP contribution in [0.5, 0.6) is 0 Å². The molecule has 0 bridgehead atoms. The van der Waals surface area contributed by atoms with Gasteiger partial charge in [-0.15, -0.1) is 0 Å². The van der Waals surface area contributed by atoms with E-state index in [0.717, 1.165) is 5.56 Å². The normalized spacial score (nSPS) is 13.4. The highest BCUT2D eigenvalue weighted by molar-refractivity contribution is 7.88. The SMILES string of the molecule is Cc1ccc(CS(=O)(=O)N[C@@H](CC(C)C)C(=O)O)cc1. The van der Waals surface area contributed by atoms with Gasteiger partial charge in [0, 0.05) is 0 Å². The van der Waals surface area contributed by atoms with Crippen LogP contribution in [0.1, 0.15) is 31.4 Å². The zero-order chi connectivity index (χ0) is 15.3. The molecule has 0 spiro atoms. The minimum Gasteiger partial charge on any atom is -0.480 e. The predicted octanol–water partition coefficient (Wildman–Crippen LogP) is 1.91. The van der Waals surface area contributed by atoms with Crippen molar-refractivity contribution in [3.63, 3.8) is 0 Å². The van der Waals surface area contributed by atoms with E-state index in [2.05, 4.69) is 4.72 Å². The summed E-state index contributed by atoms with van der Waals surface area (Å²) in [6, 6.07) is 6.03. The molecule has 1 rings (SSSR count). The van der Waals surface area contributed by atoms with Gasteiger partial charge in [0.25, 0.3) is 0 Å². The van der Waals surface area contributed by atoms with Crippen LogP contribution in [0, 0.1) is 12.8 Å². The van der Waals surface area contributed by atoms with Crippen molar-refractivity contribution in [3.8, 4) is 0 Å². The van der Waals surface area contributed by atoms with Gasteiger partial charge < -0.3 is 5.11 Å². The Balaban J connectivity index is 2.77. The molecule has 0 saturated carbocycles. The van der Waals surface area contributed by atoms with Crippen molar-refractivity contribution in [2.75, 3.05) is 0 Å². The van der Waals surface area contributed by atoms with Crippen molar-refractivity contribution in [2.24, 2.45) is 5.92 Å². The Bertz CT molecular complexity index is 549. The molecule has 2 N–H and O–H groups in total. The molecule has 0 heterocycles. The number of hydrogen-bond donors (Lipinski definition) is 2. The molecule has 20 heavy (non-hydrogen) atoms. The maximum atomic E-state index is 12.0.